The molecule has 0 radical (unpaired) electrons. The van der Waals surface area contributed by atoms with Gasteiger partial charge < -0.3 is 5.32 Å². The van der Waals surface area contributed by atoms with Crippen LogP contribution in [0.3, 0.4) is 0 Å². The summed E-state index contributed by atoms with van der Waals surface area (Å²) in [5.41, 5.74) is 3.26. The number of hydrogen-bond donors (Lipinski definition) is 3. The van der Waals surface area contributed by atoms with Crippen LogP contribution in [-0.4, -0.2) is 34.9 Å². The summed E-state index contributed by atoms with van der Waals surface area (Å²) in [6.45, 7) is 1.68. The fraction of sp³-hybridized carbons (Fsp3) is 0.400. The average Bonchev–Trinajstić information content (AvgIpc) is 3.38. The van der Waals surface area contributed by atoms with Crippen LogP contribution in [0.25, 0.3) is 0 Å². The molecule has 2 fully saturated rings. The normalized spacial score (nSPS) is 21.8. The number of amides is 4. The lowest BCUT2D eigenvalue weighted by atomic mass is 9.88. The van der Waals surface area contributed by atoms with E-state index in [0.29, 0.717) is 17.9 Å². The van der Waals surface area contributed by atoms with Gasteiger partial charge in [-0.3, -0.25) is 20.3 Å². The number of urea groups is 1. The van der Waals surface area contributed by atoms with Gasteiger partial charge in [-0.25, -0.2) is 4.79 Å². The molecule has 1 heterocycles. The lowest BCUT2D eigenvalue weighted by molar-refractivity contribution is -0.138. The monoisotopic (exact) mass is 468 g/mol. The number of hydrogen-bond acceptors (Lipinski definition) is 4. The van der Waals surface area contributed by atoms with Gasteiger partial charge in [0.05, 0.1) is 6.54 Å². The SMILES string of the molecule is CC1(CCc2ccccc2)NC(=O)N(NC(=O)CNC2(c3ccc(Cl)cc3)CCCC2)C1=O. The van der Waals surface area contributed by atoms with Crippen molar-refractivity contribution in [1.82, 2.24) is 21.1 Å². The van der Waals surface area contributed by atoms with Crippen LogP contribution in [-0.2, 0) is 21.5 Å². The van der Waals surface area contributed by atoms with Gasteiger partial charge in [-0.2, -0.15) is 5.01 Å². The first kappa shape index (κ1) is 23.3. The Balaban J connectivity index is 1.36. The highest BCUT2D eigenvalue weighted by Crippen LogP contribution is 2.39. The quantitative estimate of drug-likeness (QED) is 0.515. The average molecular weight is 469 g/mol. The Labute approximate surface area is 198 Å². The predicted molar refractivity (Wildman–Crippen MR) is 126 cm³/mol. The summed E-state index contributed by atoms with van der Waals surface area (Å²) in [5, 5.41) is 7.58. The van der Waals surface area contributed by atoms with Crippen LogP contribution in [0.15, 0.2) is 54.6 Å². The number of aryl methyl sites for hydroxylation is 1. The Morgan fingerprint density at radius 1 is 1.06 bits per heavy atom. The first-order valence-corrected chi connectivity index (χ1v) is 11.7. The second-order valence-electron chi connectivity index (χ2n) is 9.07. The highest BCUT2D eigenvalue weighted by atomic mass is 35.5. The van der Waals surface area contributed by atoms with E-state index in [4.69, 9.17) is 11.6 Å². The van der Waals surface area contributed by atoms with Gasteiger partial charge in [0.1, 0.15) is 5.54 Å². The summed E-state index contributed by atoms with van der Waals surface area (Å²) in [6.07, 6.45) is 5.00. The lowest BCUT2D eigenvalue weighted by Gasteiger charge is -2.31. The third-order valence-electron chi connectivity index (χ3n) is 6.70. The molecule has 1 saturated carbocycles. The summed E-state index contributed by atoms with van der Waals surface area (Å²) >= 11 is 6.03. The second-order valence-corrected chi connectivity index (χ2v) is 9.51. The van der Waals surface area contributed by atoms with Crippen molar-refractivity contribution in [1.29, 1.82) is 0 Å². The Kier molecular flexibility index (Phi) is 6.72. The molecule has 1 unspecified atom stereocenters. The zero-order valence-electron chi connectivity index (χ0n) is 18.7. The molecule has 2 aromatic rings. The van der Waals surface area contributed by atoms with Crippen molar-refractivity contribution in [3.05, 3.63) is 70.7 Å². The molecule has 0 bridgehead atoms. The minimum absolute atomic E-state index is 0.0135. The standard InChI is InChI=1S/C25H29ClN4O3/c1-24(16-13-18-7-3-2-4-8-18)22(32)30(23(33)28-24)29-21(31)17-27-25(14-5-6-15-25)19-9-11-20(26)12-10-19/h2-4,7-12,27H,5-6,13-17H2,1H3,(H,28,33)(H,29,31). The van der Waals surface area contributed by atoms with Gasteiger partial charge >= 0.3 is 6.03 Å². The summed E-state index contributed by atoms with van der Waals surface area (Å²) < 4.78 is 0. The van der Waals surface area contributed by atoms with Crippen molar-refractivity contribution in [2.45, 2.75) is 56.5 Å². The highest BCUT2D eigenvalue weighted by Gasteiger charge is 2.48. The third-order valence-corrected chi connectivity index (χ3v) is 6.95. The zero-order chi connectivity index (χ0) is 23.5. The number of rotatable bonds is 8. The van der Waals surface area contributed by atoms with Crippen molar-refractivity contribution in [3.8, 4) is 0 Å². The first-order chi connectivity index (χ1) is 15.8. The first-order valence-electron chi connectivity index (χ1n) is 11.3. The molecule has 1 aliphatic heterocycles. The van der Waals surface area contributed by atoms with Crippen molar-refractivity contribution in [2.24, 2.45) is 0 Å². The molecule has 2 aliphatic rings. The molecular formula is C25H29ClN4O3. The van der Waals surface area contributed by atoms with Crippen molar-refractivity contribution in [3.63, 3.8) is 0 Å². The Morgan fingerprint density at radius 3 is 2.39 bits per heavy atom. The van der Waals surface area contributed by atoms with E-state index in [0.717, 1.165) is 41.8 Å². The molecule has 174 valence electrons. The van der Waals surface area contributed by atoms with Gasteiger partial charge in [-0.15, -0.1) is 0 Å². The topological polar surface area (TPSA) is 90.5 Å². The smallest absolute Gasteiger partial charge is 0.322 e. The second kappa shape index (κ2) is 9.53. The highest BCUT2D eigenvalue weighted by molar-refractivity contribution is 6.30. The van der Waals surface area contributed by atoms with E-state index in [9.17, 15) is 14.4 Å². The molecule has 1 aliphatic carbocycles. The van der Waals surface area contributed by atoms with E-state index < -0.39 is 23.4 Å². The van der Waals surface area contributed by atoms with E-state index in [2.05, 4.69) is 16.1 Å². The summed E-state index contributed by atoms with van der Waals surface area (Å²) in [6, 6.07) is 16.8. The minimum Gasteiger partial charge on any atom is -0.322 e. The Hall–Kier alpha value is -2.90. The largest absolute Gasteiger partial charge is 0.344 e. The van der Waals surface area contributed by atoms with Crippen LogP contribution in [0.5, 0.6) is 0 Å². The van der Waals surface area contributed by atoms with Crippen LogP contribution in [0.4, 0.5) is 4.79 Å². The number of benzene rings is 2. The molecule has 2 aromatic carbocycles. The van der Waals surface area contributed by atoms with Crippen LogP contribution >= 0.6 is 11.6 Å². The van der Waals surface area contributed by atoms with Crippen molar-refractivity contribution >= 4 is 29.4 Å². The minimum atomic E-state index is -1.07. The number of carbonyl (C=O) groups is 3. The molecule has 7 nitrogen and oxygen atoms in total. The summed E-state index contributed by atoms with van der Waals surface area (Å²) in [7, 11) is 0. The maximum atomic E-state index is 13.0. The number of nitrogens with one attached hydrogen (secondary N) is 3. The van der Waals surface area contributed by atoms with E-state index in [1.807, 2.05) is 54.6 Å². The molecule has 33 heavy (non-hydrogen) atoms. The molecule has 1 atom stereocenters. The number of halogens is 1. The van der Waals surface area contributed by atoms with E-state index in [1.54, 1.807) is 6.92 Å². The Morgan fingerprint density at radius 2 is 1.73 bits per heavy atom. The van der Waals surface area contributed by atoms with E-state index in [1.165, 1.54) is 0 Å². The maximum Gasteiger partial charge on any atom is 0.344 e. The number of hydrazine groups is 1. The molecule has 0 spiro atoms. The maximum absolute atomic E-state index is 13.0. The molecule has 8 heteroatoms. The molecule has 4 amide bonds. The summed E-state index contributed by atoms with van der Waals surface area (Å²) in [5.74, 6) is -0.892. The van der Waals surface area contributed by atoms with Gasteiger partial charge in [-0.05, 0) is 55.9 Å². The van der Waals surface area contributed by atoms with Crippen LogP contribution in [0.1, 0.15) is 50.2 Å². The van der Waals surface area contributed by atoms with Crippen molar-refractivity contribution in [2.75, 3.05) is 6.54 Å². The number of nitrogens with zero attached hydrogens (tertiary/aromatic N) is 1. The summed E-state index contributed by atoms with van der Waals surface area (Å²) in [4.78, 5) is 38.1. The van der Waals surface area contributed by atoms with Crippen LogP contribution in [0.2, 0.25) is 5.02 Å². The van der Waals surface area contributed by atoms with Gasteiger partial charge in [0.25, 0.3) is 11.8 Å². The number of carbonyl (C=O) groups excluding carboxylic acids is 3. The molecule has 1 saturated heterocycles. The van der Waals surface area contributed by atoms with Crippen molar-refractivity contribution < 1.29 is 14.4 Å². The van der Waals surface area contributed by atoms with Gasteiger partial charge in [0.2, 0.25) is 0 Å². The molecule has 3 N–H and O–H groups in total. The van der Waals surface area contributed by atoms with Gasteiger partial charge in [-0.1, -0.05) is 66.9 Å². The predicted octanol–water partition coefficient (Wildman–Crippen LogP) is 3.67. The fourth-order valence-corrected chi connectivity index (χ4v) is 4.85. The van der Waals surface area contributed by atoms with Gasteiger partial charge in [0.15, 0.2) is 0 Å². The van der Waals surface area contributed by atoms with Crippen LogP contribution < -0.4 is 16.1 Å². The zero-order valence-corrected chi connectivity index (χ0v) is 19.5. The van der Waals surface area contributed by atoms with Crippen LogP contribution in [0, 0.1) is 0 Å². The van der Waals surface area contributed by atoms with Gasteiger partial charge in [0, 0.05) is 10.6 Å². The molecule has 4 rings (SSSR count). The third kappa shape index (κ3) is 5.04. The Bertz CT molecular complexity index is 1020. The fourth-order valence-electron chi connectivity index (χ4n) is 4.72. The van der Waals surface area contributed by atoms with E-state index >= 15 is 0 Å². The lowest BCUT2D eigenvalue weighted by Crippen LogP contribution is -2.53. The number of imide groups is 1. The molecular weight excluding hydrogens is 440 g/mol. The molecule has 0 aromatic heterocycles. The van der Waals surface area contributed by atoms with E-state index in [-0.39, 0.29) is 12.1 Å².